The standard InChI is InChI=1S/C24H22N4O3/c25-22(29)18-8-4-3-6-16(18)14-9-10-19-20(11-14)27-24(31)28(23(19)30)21-13-26-12-15-5-1-2-7-17(15)21/h1-8,12-14,19-20H,9-11H2,(H2,25,29)(H,27,31). The number of nitrogens with zero attached hydrogens (tertiary/aromatic N) is 2. The van der Waals surface area contributed by atoms with Crippen LogP contribution in [-0.4, -0.2) is 28.9 Å². The summed E-state index contributed by atoms with van der Waals surface area (Å²) in [6, 6.07) is 14.2. The normalized spacial score (nSPS) is 23.4. The van der Waals surface area contributed by atoms with Gasteiger partial charge in [-0.1, -0.05) is 42.5 Å². The molecule has 2 aliphatic rings. The first-order chi connectivity index (χ1) is 15.0. The molecule has 2 heterocycles. The molecule has 3 N–H and O–H groups in total. The van der Waals surface area contributed by atoms with Crippen LogP contribution in [0.25, 0.3) is 10.8 Å². The first-order valence-corrected chi connectivity index (χ1v) is 10.4. The van der Waals surface area contributed by atoms with Crippen molar-refractivity contribution < 1.29 is 14.4 Å². The van der Waals surface area contributed by atoms with Gasteiger partial charge in [0.2, 0.25) is 11.8 Å². The van der Waals surface area contributed by atoms with Crippen molar-refractivity contribution in [2.45, 2.75) is 31.2 Å². The van der Waals surface area contributed by atoms with Crippen molar-refractivity contribution in [1.82, 2.24) is 10.3 Å². The Bertz CT molecular complexity index is 1200. The highest BCUT2D eigenvalue weighted by molar-refractivity contribution is 6.20. The summed E-state index contributed by atoms with van der Waals surface area (Å²) in [7, 11) is 0. The molecule has 1 saturated heterocycles. The van der Waals surface area contributed by atoms with Gasteiger partial charge in [-0.2, -0.15) is 0 Å². The van der Waals surface area contributed by atoms with E-state index in [1.54, 1.807) is 24.5 Å². The summed E-state index contributed by atoms with van der Waals surface area (Å²) in [6.07, 6.45) is 5.24. The number of nitrogens with one attached hydrogen (secondary N) is 1. The third-order valence-electron chi connectivity index (χ3n) is 6.45. The molecule has 3 atom stereocenters. The largest absolute Gasteiger partial charge is 0.366 e. The third kappa shape index (κ3) is 3.22. The number of carbonyl (C=O) groups is 3. The van der Waals surface area contributed by atoms with Crippen LogP contribution in [-0.2, 0) is 4.79 Å². The Balaban J connectivity index is 1.44. The first-order valence-electron chi connectivity index (χ1n) is 10.4. The summed E-state index contributed by atoms with van der Waals surface area (Å²) in [5.74, 6) is -0.915. The molecule has 1 aromatic heterocycles. The van der Waals surface area contributed by atoms with Crippen LogP contribution in [0.2, 0.25) is 0 Å². The molecule has 4 amide bonds. The van der Waals surface area contributed by atoms with Crippen molar-refractivity contribution >= 4 is 34.3 Å². The van der Waals surface area contributed by atoms with E-state index in [0.29, 0.717) is 24.1 Å². The van der Waals surface area contributed by atoms with Gasteiger partial charge in [0.1, 0.15) is 0 Å². The number of amides is 4. The average molecular weight is 414 g/mol. The molecule has 3 aromatic rings. The van der Waals surface area contributed by atoms with Crippen LogP contribution in [0.3, 0.4) is 0 Å². The number of rotatable bonds is 3. The molecular formula is C24H22N4O3. The molecule has 1 aliphatic heterocycles. The number of pyridine rings is 1. The van der Waals surface area contributed by atoms with E-state index in [4.69, 9.17) is 5.73 Å². The van der Waals surface area contributed by atoms with Gasteiger partial charge in [0, 0.05) is 28.6 Å². The molecule has 2 fully saturated rings. The zero-order valence-electron chi connectivity index (χ0n) is 16.8. The van der Waals surface area contributed by atoms with E-state index in [1.807, 2.05) is 36.4 Å². The molecule has 2 aromatic carbocycles. The number of nitrogens with two attached hydrogens (primary N) is 1. The molecule has 156 valence electrons. The van der Waals surface area contributed by atoms with E-state index < -0.39 is 11.9 Å². The third-order valence-corrected chi connectivity index (χ3v) is 6.45. The Morgan fingerprint density at radius 3 is 2.65 bits per heavy atom. The molecule has 1 aliphatic carbocycles. The lowest BCUT2D eigenvalue weighted by molar-refractivity contribution is -0.124. The van der Waals surface area contributed by atoms with Crippen molar-refractivity contribution in [1.29, 1.82) is 0 Å². The van der Waals surface area contributed by atoms with Gasteiger partial charge in [0.25, 0.3) is 0 Å². The molecule has 7 heteroatoms. The molecule has 7 nitrogen and oxygen atoms in total. The summed E-state index contributed by atoms with van der Waals surface area (Å²) in [5, 5.41) is 4.71. The average Bonchev–Trinajstić information content (AvgIpc) is 2.79. The number of urea groups is 1. The number of benzene rings is 2. The Kier molecular flexibility index (Phi) is 4.66. The number of anilines is 1. The predicted octanol–water partition coefficient (Wildman–Crippen LogP) is 3.34. The molecule has 31 heavy (non-hydrogen) atoms. The minimum Gasteiger partial charge on any atom is -0.366 e. The second-order valence-electron chi connectivity index (χ2n) is 8.18. The van der Waals surface area contributed by atoms with Gasteiger partial charge in [-0.3, -0.25) is 14.6 Å². The highest BCUT2D eigenvalue weighted by Crippen LogP contribution is 2.41. The fraction of sp³-hybridized carbons (Fsp3) is 0.250. The van der Waals surface area contributed by atoms with E-state index in [0.717, 1.165) is 22.8 Å². The summed E-state index contributed by atoms with van der Waals surface area (Å²) in [4.78, 5) is 43.7. The number of imide groups is 1. The van der Waals surface area contributed by atoms with E-state index in [9.17, 15) is 14.4 Å². The Morgan fingerprint density at radius 1 is 1.03 bits per heavy atom. The number of carbonyl (C=O) groups excluding carboxylic acids is 3. The number of primary amides is 1. The first kappa shape index (κ1) is 19.2. The highest BCUT2D eigenvalue weighted by atomic mass is 16.2. The quantitative estimate of drug-likeness (QED) is 0.686. The van der Waals surface area contributed by atoms with Gasteiger partial charge < -0.3 is 11.1 Å². The summed E-state index contributed by atoms with van der Waals surface area (Å²) < 4.78 is 0. The second-order valence-corrected chi connectivity index (χ2v) is 8.18. The van der Waals surface area contributed by atoms with Gasteiger partial charge >= 0.3 is 6.03 Å². The second kappa shape index (κ2) is 7.50. The Morgan fingerprint density at radius 2 is 1.81 bits per heavy atom. The maximum atomic E-state index is 13.4. The summed E-state index contributed by atoms with van der Waals surface area (Å²) in [5.41, 5.74) is 7.44. The minimum absolute atomic E-state index is 0.0591. The van der Waals surface area contributed by atoms with Gasteiger partial charge in [-0.05, 0) is 36.8 Å². The maximum absolute atomic E-state index is 13.4. The smallest absolute Gasteiger partial charge is 0.329 e. The topological polar surface area (TPSA) is 105 Å². The van der Waals surface area contributed by atoms with Gasteiger partial charge in [0.15, 0.2) is 0 Å². The zero-order valence-corrected chi connectivity index (χ0v) is 16.8. The van der Waals surface area contributed by atoms with Crippen LogP contribution in [0.1, 0.15) is 41.1 Å². The Labute approximate surface area is 179 Å². The number of hydrogen-bond donors (Lipinski definition) is 2. The fourth-order valence-electron chi connectivity index (χ4n) is 4.98. The van der Waals surface area contributed by atoms with Crippen LogP contribution < -0.4 is 16.0 Å². The van der Waals surface area contributed by atoms with Crippen molar-refractivity contribution in [3.63, 3.8) is 0 Å². The molecule has 1 saturated carbocycles. The van der Waals surface area contributed by atoms with Crippen molar-refractivity contribution in [3.8, 4) is 0 Å². The lowest BCUT2D eigenvalue weighted by Crippen LogP contribution is -2.61. The Hall–Kier alpha value is -3.74. The van der Waals surface area contributed by atoms with E-state index in [-0.39, 0.29) is 23.8 Å². The van der Waals surface area contributed by atoms with Crippen LogP contribution >= 0.6 is 0 Å². The van der Waals surface area contributed by atoms with Crippen LogP contribution in [0, 0.1) is 5.92 Å². The van der Waals surface area contributed by atoms with Crippen LogP contribution in [0.15, 0.2) is 60.9 Å². The predicted molar refractivity (Wildman–Crippen MR) is 117 cm³/mol. The fourth-order valence-corrected chi connectivity index (χ4v) is 4.98. The maximum Gasteiger partial charge on any atom is 0.329 e. The zero-order chi connectivity index (χ0) is 21.5. The van der Waals surface area contributed by atoms with Crippen molar-refractivity contribution in [2.75, 3.05) is 4.90 Å². The molecule has 0 bridgehead atoms. The van der Waals surface area contributed by atoms with E-state index in [1.165, 1.54) is 4.90 Å². The lowest BCUT2D eigenvalue weighted by Gasteiger charge is -2.42. The number of hydrogen-bond acceptors (Lipinski definition) is 4. The SMILES string of the molecule is NC(=O)c1ccccc1C1CCC2C(=O)N(c3cncc4ccccc34)C(=O)NC2C1. The minimum atomic E-state index is -0.462. The molecular weight excluding hydrogens is 392 g/mol. The van der Waals surface area contributed by atoms with Gasteiger partial charge in [-0.25, -0.2) is 9.69 Å². The molecule has 0 spiro atoms. The van der Waals surface area contributed by atoms with Gasteiger partial charge in [0.05, 0.1) is 17.8 Å². The van der Waals surface area contributed by atoms with E-state index >= 15 is 0 Å². The van der Waals surface area contributed by atoms with Crippen molar-refractivity contribution in [3.05, 3.63) is 72.1 Å². The number of fused-ring (bicyclic) bond motifs is 2. The molecule has 5 rings (SSSR count). The molecule has 0 radical (unpaired) electrons. The summed E-state index contributed by atoms with van der Waals surface area (Å²) >= 11 is 0. The van der Waals surface area contributed by atoms with Crippen LogP contribution in [0.5, 0.6) is 0 Å². The highest BCUT2D eigenvalue weighted by Gasteiger charge is 2.45. The van der Waals surface area contributed by atoms with Gasteiger partial charge in [-0.15, -0.1) is 0 Å². The summed E-state index contributed by atoms with van der Waals surface area (Å²) in [6.45, 7) is 0. The van der Waals surface area contributed by atoms with Crippen LogP contribution in [0.4, 0.5) is 10.5 Å². The number of aromatic nitrogens is 1. The lowest BCUT2D eigenvalue weighted by atomic mass is 9.73. The van der Waals surface area contributed by atoms with E-state index in [2.05, 4.69) is 10.3 Å². The van der Waals surface area contributed by atoms with Crippen molar-refractivity contribution in [2.24, 2.45) is 11.7 Å². The molecule has 3 unspecified atom stereocenters. The monoisotopic (exact) mass is 414 g/mol.